The molecular formula is C11H13FIN3O2. The van der Waals surface area contributed by atoms with Gasteiger partial charge in [-0.05, 0) is 35.4 Å². The van der Waals surface area contributed by atoms with Gasteiger partial charge in [0.2, 0.25) is 0 Å². The van der Waals surface area contributed by atoms with E-state index >= 15 is 0 Å². The Morgan fingerprint density at radius 1 is 1.56 bits per heavy atom. The molecule has 0 aliphatic carbocycles. The van der Waals surface area contributed by atoms with Gasteiger partial charge in [0, 0.05) is 31.3 Å². The van der Waals surface area contributed by atoms with Crippen LogP contribution in [0.15, 0.2) is 12.1 Å². The van der Waals surface area contributed by atoms with E-state index in [1.165, 1.54) is 12.1 Å². The van der Waals surface area contributed by atoms with Gasteiger partial charge in [-0.2, -0.15) is 0 Å². The van der Waals surface area contributed by atoms with Gasteiger partial charge in [-0.25, -0.2) is 4.39 Å². The van der Waals surface area contributed by atoms with Gasteiger partial charge >= 0.3 is 0 Å². The third-order valence-electron chi connectivity index (χ3n) is 3.01. The predicted octanol–water partition coefficient (Wildman–Crippen LogP) is 2.27. The first-order valence-corrected chi connectivity index (χ1v) is 6.71. The zero-order valence-corrected chi connectivity index (χ0v) is 11.8. The lowest BCUT2D eigenvalue weighted by Crippen LogP contribution is -2.43. The largest absolute Gasteiger partial charge is 0.364 e. The molecule has 1 aromatic rings. The molecule has 5 nitrogen and oxygen atoms in total. The molecule has 0 saturated carbocycles. The average Bonchev–Trinajstić information content (AvgIpc) is 2.31. The summed E-state index contributed by atoms with van der Waals surface area (Å²) in [5.74, 6) is -0.435. The van der Waals surface area contributed by atoms with Crippen LogP contribution in [-0.2, 0) is 0 Å². The van der Waals surface area contributed by atoms with E-state index < -0.39 is 10.7 Å². The molecule has 18 heavy (non-hydrogen) atoms. The van der Waals surface area contributed by atoms with E-state index in [0.717, 1.165) is 12.8 Å². The number of piperidine rings is 1. The molecule has 1 saturated heterocycles. The third kappa shape index (κ3) is 2.72. The van der Waals surface area contributed by atoms with Gasteiger partial charge in [-0.1, -0.05) is 0 Å². The van der Waals surface area contributed by atoms with Gasteiger partial charge in [0.1, 0.15) is 11.5 Å². The SMILES string of the molecule is NC1CCCN(c2cc(F)c(I)cc2[N+](=O)[O-])C1. The maximum absolute atomic E-state index is 13.6. The molecule has 0 bridgehead atoms. The summed E-state index contributed by atoms with van der Waals surface area (Å²) < 4.78 is 13.8. The van der Waals surface area contributed by atoms with Crippen molar-refractivity contribution in [3.8, 4) is 0 Å². The Kier molecular flexibility index (Phi) is 4.00. The minimum Gasteiger partial charge on any atom is -0.364 e. The maximum Gasteiger partial charge on any atom is 0.293 e. The first kappa shape index (κ1) is 13.5. The Morgan fingerprint density at radius 3 is 2.89 bits per heavy atom. The monoisotopic (exact) mass is 365 g/mol. The van der Waals surface area contributed by atoms with Crippen LogP contribution in [0.5, 0.6) is 0 Å². The fraction of sp³-hybridized carbons (Fsp3) is 0.455. The summed E-state index contributed by atoms with van der Waals surface area (Å²) in [5.41, 5.74) is 6.12. The third-order valence-corrected chi connectivity index (χ3v) is 3.84. The fourth-order valence-corrected chi connectivity index (χ4v) is 2.60. The maximum atomic E-state index is 13.6. The highest BCUT2D eigenvalue weighted by atomic mass is 127. The van der Waals surface area contributed by atoms with Gasteiger partial charge in [-0.15, -0.1) is 0 Å². The Labute approximate surface area is 117 Å². The number of anilines is 1. The molecule has 1 fully saturated rings. The molecule has 98 valence electrons. The Morgan fingerprint density at radius 2 is 2.28 bits per heavy atom. The van der Waals surface area contributed by atoms with Crippen LogP contribution in [0.2, 0.25) is 0 Å². The van der Waals surface area contributed by atoms with Crippen molar-refractivity contribution in [2.75, 3.05) is 18.0 Å². The van der Waals surface area contributed by atoms with Crippen molar-refractivity contribution in [2.24, 2.45) is 5.73 Å². The fourth-order valence-electron chi connectivity index (χ4n) is 2.15. The molecule has 1 aliphatic heterocycles. The van der Waals surface area contributed by atoms with E-state index in [9.17, 15) is 14.5 Å². The van der Waals surface area contributed by atoms with Crippen LogP contribution in [0.4, 0.5) is 15.8 Å². The van der Waals surface area contributed by atoms with Crippen LogP contribution >= 0.6 is 22.6 Å². The van der Waals surface area contributed by atoms with Crippen LogP contribution in [0, 0.1) is 19.5 Å². The molecule has 0 amide bonds. The minimum absolute atomic E-state index is 0.0132. The number of hydrogen-bond donors (Lipinski definition) is 1. The first-order chi connectivity index (χ1) is 8.49. The lowest BCUT2D eigenvalue weighted by Gasteiger charge is -2.32. The number of benzene rings is 1. The number of nitrogens with two attached hydrogens (primary N) is 1. The molecule has 1 atom stereocenters. The van der Waals surface area contributed by atoms with E-state index in [1.54, 1.807) is 27.5 Å². The van der Waals surface area contributed by atoms with Gasteiger partial charge in [-0.3, -0.25) is 10.1 Å². The number of halogens is 2. The number of nitro benzene ring substituents is 1. The van der Waals surface area contributed by atoms with E-state index in [2.05, 4.69) is 0 Å². The molecule has 0 spiro atoms. The van der Waals surface area contributed by atoms with Crippen LogP contribution in [0.25, 0.3) is 0 Å². The molecule has 1 aliphatic rings. The van der Waals surface area contributed by atoms with E-state index in [4.69, 9.17) is 5.73 Å². The van der Waals surface area contributed by atoms with Crippen molar-refractivity contribution in [1.82, 2.24) is 0 Å². The van der Waals surface area contributed by atoms with E-state index in [-0.39, 0.29) is 15.3 Å². The highest BCUT2D eigenvalue weighted by molar-refractivity contribution is 14.1. The average molecular weight is 365 g/mol. The number of rotatable bonds is 2. The van der Waals surface area contributed by atoms with Crippen molar-refractivity contribution in [3.05, 3.63) is 31.6 Å². The van der Waals surface area contributed by atoms with Gasteiger partial charge in [0.25, 0.3) is 5.69 Å². The van der Waals surface area contributed by atoms with Crippen LogP contribution < -0.4 is 10.6 Å². The molecule has 7 heteroatoms. The second kappa shape index (κ2) is 5.35. The molecule has 1 heterocycles. The Balaban J connectivity index is 2.41. The normalized spacial score (nSPS) is 19.9. The van der Waals surface area contributed by atoms with Gasteiger partial charge < -0.3 is 10.6 Å². The molecule has 1 unspecified atom stereocenters. The van der Waals surface area contributed by atoms with Crippen molar-refractivity contribution in [3.63, 3.8) is 0 Å². The summed E-state index contributed by atoms with van der Waals surface area (Å²) in [6.07, 6.45) is 1.77. The second-order valence-corrected chi connectivity index (χ2v) is 5.52. The summed E-state index contributed by atoms with van der Waals surface area (Å²) in [6, 6.07) is 2.49. The lowest BCUT2D eigenvalue weighted by molar-refractivity contribution is -0.384. The minimum atomic E-state index is -0.475. The quantitative estimate of drug-likeness (QED) is 0.496. The summed E-state index contributed by atoms with van der Waals surface area (Å²) in [6.45, 7) is 1.20. The highest BCUT2D eigenvalue weighted by Gasteiger charge is 2.25. The van der Waals surface area contributed by atoms with Crippen molar-refractivity contribution in [1.29, 1.82) is 0 Å². The summed E-state index contributed by atoms with van der Waals surface area (Å²) in [7, 11) is 0. The molecule has 2 rings (SSSR count). The summed E-state index contributed by atoms with van der Waals surface area (Å²) >= 11 is 1.75. The van der Waals surface area contributed by atoms with Gasteiger partial charge in [0.15, 0.2) is 0 Å². The molecule has 1 aromatic carbocycles. The zero-order chi connectivity index (χ0) is 13.3. The molecular weight excluding hydrogens is 352 g/mol. The van der Waals surface area contributed by atoms with Crippen LogP contribution in [-0.4, -0.2) is 24.1 Å². The Bertz CT molecular complexity index is 484. The molecule has 0 radical (unpaired) electrons. The highest BCUT2D eigenvalue weighted by Crippen LogP contribution is 2.33. The van der Waals surface area contributed by atoms with Crippen molar-refractivity contribution in [2.45, 2.75) is 18.9 Å². The predicted molar refractivity (Wildman–Crippen MR) is 75.2 cm³/mol. The van der Waals surface area contributed by atoms with Crippen molar-refractivity contribution < 1.29 is 9.31 Å². The second-order valence-electron chi connectivity index (χ2n) is 4.36. The number of hydrogen-bond acceptors (Lipinski definition) is 4. The zero-order valence-electron chi connectivity index (χ0n) is 9.60. The smallest absolute Gasteiger partial charge is 0.293 e. The topological polar surface area (TPSA) is 72.4 Å². The number of nitro groups is 1. The standard InChI is InChI=1S/C11H13FIN3O2/c12-8-4-10(11(16(17)18)5-9(8)13)15-3-1-2-7(14)6-15/h4-5,7H,1-3,6,14H2. The summed E-state index contributed by atoms with van der Waals surface area (Å²) in [5, 5.41) is 11.0. The molecule has 0 aromatic heterocycles. The number of nitrogens with zero attached hydrogens (tertiary/aromatic N) is 2. The lowest BCUT2D eigenvalue weighted by atomic mass is 10.1. The summed E-state index contributed by atoms with van der Waals surface area (Å²) in [4.78, 5) is 12.4. The first-order valence-electron chi connectivity index (χ1n) is 5.63. The van der Waals surface area contributed by atoms with E-state index in [0.29, 0.717) is 18.8 Å². The molecule has 2 N–H and O–H groups in total. The van der Waals surface area contributed by atoms with Gasteiger partial charge in [0.05, 0.1) is 8.49 Å². The van der Waals surface area contributed by atoms with Crippen LogP contribution in [0.1, 0.15) is 12.8 Å². The van der Waals surface area contributed by atoms with Crippen molar-refractivity contribution >= 4 is 34.0 Å². The van der Waals surface area contributed by atoms with E-state index in [1.807, 2.05) is 0 Å². The van der Waals surface area contributed by atoms with Crippen LogP contribution in [0.3, 0.4) is 0 Å². The Hall–Kier alpha value is -0.960.